The Bertz CT molecular complexity index is 1200. The lowest BCUT2D eigenvalue weighted by molar-refractivity contribution is -0.137. The summed E-state index contributed by atoms with van der Waals surface area (Å²) in [7, 11) is 0. The zero-order valence-electron chi connectivity index (χ0n) is 19.7. The topological polar surface area (TPSA) is 105 Å². The predicted molar refractivity (Wildman–Crippen MR) is 133 cm³/mol. The minimum atomic E-state index is -0.966. The Morgan fingerprint density at radius 3 is 2.03 bits per heavy atom. The molecule has 0 spiro atoms. The monoisotopic (exact) mass is 472 g/mol. The molecule has 0 saturated heterocycles. The number of carbonyl (C=O) groups is 3. The Kier molecular flexibility index (Phi) is 6.87. The number of ether oxygens (including phenoxy) is 1. The maximum atomic E-state index is 12.5. The largest absolute Gasteiger partial charge is 0.481 e. The normalized spacial score (nSPS) is 12.4. The maximum absolute atomic E-state index is 12.5. The second-order valence-corrected chi connectivity index (χ2v) is 9.05. The number of aliphatic carboxylic acids is 1. The Morgan fingerprint density at radius 2 is 1.46 bits per heavy atom. The molecule has 0 radical (unpaired) electrons. The van der Waals surface area contributed by atoms with Gasteiger partial charge in [-0.1, -0.05) is 60.7 Å². The molecule has 1 aliphatic rings. The molecule has 0 aromatic heterocycles. The van der Waals surface area contributed by atoms with Crippen LogP contribution < -0.4 is 10.6 Å². The third-order valence-corrected chi connectivity index (χ3v) is 6.39. The van der Waals surface area contributed by atoms with E-state index in [9.17, 15) is 14.4 Å². The average molecular weight is 473 g/mol. The zero-order valence-corrected chi connectivity index (χ0v) is 19.7. The van der Waals surface area contributed by atoms with Gasteiger partial charge in [-0.15, -0.1) is 0 Å². The van der Waals surface area contributed by atoms with Gasteiger partial charge in [0, 0.05) is 18.2 Å². The van der Waals surface area contributed by atoms with E-state index in [0.29, 0.717) is 5.69 Å². The van der Waals surface area contributed by atoms with Crippen LogP contribution in [0.3, 0.4) is 0 Å². The molecule has 180 valence electrons. The lowest BCUT2D eigenvalue weighted by Gasteiger charge is -2.24. The number of anilines is 1. The van der Waals surface area contributed by atoms with Crippen LogP contribution >= 0.6 is 0 Å². The Morgan fingerprint density at radius 1 is 0.886 bits per heavy atom. The van der Waals surface area contributed by atoms with Crippen LogP contribution in [0.2, 0.25) is 0 Å². The molecule has 0 atom stereocenters. The van der Waals surface area contributed by atoms with Gasteiger partial charge >= 0.3 is 12.1 Å². The van der Waals surface area contributed by atoms with Crippen molar-refractivity contribution in [2.75, 3.05) is 18.5 Å². The van der Waals surface area contributed by atoms with Crippen LogP contribution in [0, 0.1) is 0 Å². The highest BCUT2D eigenvalue weighted by Crippen LogP contribution is 2.44. The molecule has 3 aromatic carbocycles. The van der Waals surface area contributed by atoms with Crippen LogP contribution in [0.15, 0.2) is 72.8 Å². The summed E-state index contributed by atoms with van der Waals surface area (Å²) in [5, 5.41) is 14.1. The van der Waals surface area contributed by atoms with Crippen molar-refractivity contribution in [2.24, 2.45) is 0 Å². The number of carboxylic acids is 1. The van der Waals surface area contributed by atoms with Gasteiger partial charge in [0.2, 0.25) is 5.91 Å². The van der Waals surface area contributed by atoms with Crippen molar-refractivity contribution in [1.82, 2.24) is 5.32 Å². The zero-order chi connectivity index (χ0) is 25.0. The third kappa shape index (κ3) is 5.19. The molecule has 0 bridgehead atoms. The summed E-state index contributed by atoms with van der Waals surface area (Å²) in [4.78, 5) is 35.7. The summed E-state index contributed by atoms with van der Waals surface area (Å²) in [6.45, 7) is 3.81. The van der Waals surface area contributed by atoms with Crippen LogP contribution in [0.1, 0.15) is 42.9 Å². The van der Waals surface area contributed by atoms with E-state index >= 15 is 0 Å². The van der Waals surface area contributed by atoms with Gasteiger partial charge in [-0.25, -0.2) is 4.79 Å². The highest BCUT2D eigenvalue weighted by atomic mass is 16.5. The summed E-state index contributed by atoms with van der Waals surface area (Å²) >= 11 is 0. The molecular weight excluding hydrogens is 444 g/mol. The lowest BCUT2D eigenvalue weighted by atomic mass is 9.83. The first-order valence-electron chi connectivity index (χ1n) is 11.5. The van der Waals surface area contributed by atoms with E-state index in [-0.39, 0.29) is 31.4 Å². The fourth-order valence-corrected chi connectivity index (χ4v) is 4.36. The molecule has 0 fully saturated rings. The maximum Gasteiger partial charge on any atom is 0.411 e. The van der Waals surface area contributed by atoms with Crippen LogP contribution in [0.4, 0.5) is 10.5 Å². The molecule has 0 heterocycles. The van der Waals surface area contributed by atoms with Gasteiger partial charge in [0.05, 0.1) is 11.8 Å². The van der Waals surface area contributed by atoms with Crippen molar-refractivity contribution >= 4 is 23.7 Å². The first-order chi connectivity index (χ1) is 16.8. The highest BCUT2D eigenvalue weighted by molar-refractivity contribution is 5.88. The van der Waals surface area contributed by atoms with E-state index in [4.69, 9.17) is 9.84 Å². The quantitative estimate of drug-likeness (QED) is 0.432. The minimum absolute atomic E-state index is 0.0176. The number of hydrogen-bond acceptors (Lipinski definition) is 4. The van der Waals surface area contributed by atoms with Crippen molar-refractivity contribution in [2.45, 2.75) is 31.6 Å². The summed E-state index contributed by atoms with van der Waals surface area (Å²) in [5.41, 5.74) is 5.06. The van der Waals surface area contributed by atoms with Gasteiger partial charge in [-0.3, -0.25) is 14.9 Å². The third-order valence-electron chi connectivity index (χ3n) is 6.39. The first-order valence-corrected chi connectivity index (χ1v) is 11.5. The standard InChI is InChI=1S/C28H28N2O5/c1-28(2,26(33)29-16-15-25(31)32)18-11-13-19(14-12-18)30-27(34)35-17-24-22-9-5-3-7-20(22)21-8-4-6-10-23(21)24/h3-14,24H,15-17H2,1-2H3,(H,29,33)(H,30,34)(H,31,32). The smallest absolute Gasteiger partial charge is 0.411 e. The summed E-state index contributed by atoms with van der Waals surface area (Å²) in [6.07, 6.45) is -0.685. The van der Waals surface area contributed by atoms with Gasteiger partial charge in [0.15, 0.2) is 0 Å². The second-order valence-electron chi connectivity index (χ2n) is 9.05. The molecule has 2 amide bonds. The van der Waals surface area contributed by atoms with Gasteiger partial charge in [-0.2, -0.15) is 0 Å². The number of rotatable bonds is 8. The van der Waals surface area contributed by atoms with Crippen LogP contribution in [-0.2, 0) is 19.7 Å². The molecule has 4 rings (SSSR count). The Hall–Kier alpha value is -4.13. The van der Waals surface area contributed by atoms with Gasteiger partial charge in [0.25, 0.3) is 0 Å². The lowest BCUT2D eigenvalue weighted by Crippen LogP contribution is -2.40. The van der Waals surface area contributed by atoms with Gasteiger partial charge in [-0.05, 0) is 53.8 Å². The van der Waals surface area contributed by atoms with E-state index in [0.717, 1.165) is 16.7 Å². The number of nitrogens with one attached hydrogen (secondary N) is 2. The molecule has 1 aliphatic carbocycles. The Labute approximate surface area is 204 Å². The van der Waals surface area contributed by atoms with Gasteiger partial charge in [0.1, 0.15) is 6.61 Å². The van der Waals surface area contributed by atoms with Crippen molar-refractivity contribution in [3.8, 4) is 11.1 Å². The highest BCUT2D eigenvalue weighted by Gasteiger charge is 2.30. The molecule has 35 heavy (non-hydrogen) atoms. The fraction of sp³-hybridized carbons (Fsp3) is 0.250. The van der Waals surface area contributed by atoms with Gasteiger partial charge < -0.3 is 15.2 Å². The molecule has 7 heteroatoms. The molecule has 0 saturated carbocycles. The molecule has 7 nitrogen and oxygen atoms in total. The molecular formula is C28H28N2O5. The number of hydrogen-bond donors (Lipinski definition) is 3. The van der Waals surface area contributed by atoms with Crippen LogP contribution in [-0.4, -0.2) is 36.2 Å². The minimum Gasteiger partial charge on any atom is -0.481 e. The fourth-order valence-electron chi connectivity index (χ4n) is 4.36. The van der Waals surface area contributed by atoms with Crippen molar-refractivity contribution in [3.05, 3.63) is 89.5 Å². The summed E-state index contributed by atoms with van der Waals surface area (Å²) in [5.74, 6) is -1.25. The number of benzene rings is 3. The average Bonchev–Trinajstić information content (AvgIpc) is 3.16. The van der Waals surface area contributed by atoms with E-state index < -0.39 is 17.5 Å². The van der Waals surface area contributed by atoms with E-state index in [1.54, 1.807) is 38.1 Å². The number of amides is 2. The summed E-state index contributed by atoms with van der Waals surface area (Å²) < 4.78 is 5.58. The molecule has 0 unspecified atom stereocenters. The second kappa shape index (κ2) is 10.0. The molecule has 3 aromatic rings. The van der Waals surface area contributed by atoms with Crippen molar-refractivity contribution in [3.63, 3.8) is 0 Å². The molecule has 3 N–H and O–H groups in total. The van der Waals surface area contributed by atoms with E-state index in [2.05, 4.69) is 34.9 Å². The predicted octanol–water partition coefficient (Wildman–Crippen LogP) is 4.92. The summed E-state index contributed by atoms with van der Waals surface area (Å²) in [6, 6.07) is 23.3. The number of carbonyl (C=O) groups excluding carboxylic acids is 2. The van der Waals surface area contributed by atoms with Crippen molar-refractivity contribution in [1.29, 1.82) is 0 Å². The van der Waals surface area contributed by atoms with E-state index in [1.165, 1.54) is 11.1 Å². The van der Waals surface area contributed by atoms with Crippen LogP contribution in [0.5, 0.6) is 0 Å². The Balaban J connectivity index is 1.36. The number of fused-ring (bicyclic) bond motifs is 3. The first kappa shape index (κ1) is 24.0. The SMILES string of the molecule is CC(C)(C(=O)NCCC(=O)O)c1ccc(NC(=O)OCC2c3ccccc3-c3ccccc32)cc1. The molecule has 0 aliphatic heterocycles. The van der Waals surface area contributed by atoms with Crippen molar-refractivity contribution < 1.29 is 24.2 Å². The van der Waals surface area contributed by atoms with Crippen LogP contribution in [0.25, 0.3) is 11.1 Å². The van der Waals surface area contributed by atoms with E-state index in [1.807, 2.05) is 24.3 Å². The number of carboxylic acid groups (broad SMARTS) is 1.